The molecule has 1 unspecified atom stereocenters. The molecule has 3 N–H and O–H groups in total. The van der Waals surface area contributed by atoms with E-state index in [0.29, 0.717) is 61.7 Å². The van der Waals surface area contributed by atoms with Crippen LogP contribution in [0.2, 0.25) is 0 Å². The molecule has 2 aromatic heterocycles. The Morgan fingerprint density at radius 1 is 1.14 bits per heavy atom. The summed E-state index contributed by atoms with van der Waals surface area (Å²) in [7, 11) is 1.91. The standard InChI is InChI=1S/C26H32N8O3/c1-27-18-8-11-33(15-18)22(35)20-7-6-17(14-29-20)31-25-30-13-16-12-26(9-10-28-23(26)36)24(37)34(21(16)32-25)19-4-2-3-5-19/h6-7,13-14,18-19,27H,2-5,8-12,15H2,1H3,(H,28,36)(H,30,31,32)/t18-,26?/m0/s1. The normalized spacial score (nSPS) is 25.6. The number of hydrogen-bond acceptors (Lipinski definition) is 8. The molecule has 3 aliphatic heterocycles. The highest BCUT2D eigenvalue weighted by Crippen LogP contribution is 2.44. The molecule has 1 spiro atoms. The first-order chi connectivity index (χ1) is 18.0. The molecule has 6 rings (SSSR count). The van der Waals surface area contributed by atoms with Gasteiger partial charge in [-0.25, -0.2) is 9.97 Å². The van der Waals surface area contributed by atoms with Gasteiger partial charge in [0.15, 0.2) is 0 Å². The number of carbonyl (C=O) groups excluding carboxylic acids is 3. The third-order valence-electron chi connectivity index (χ3n) is 8.27. The fourth-order valence-electron chi connectivity index (χ4n) is 6.13. The molecule has 194 valence electrons. The molecule has 37 heavy (non-hydrogen) atoms. The number of rotatable bonds is 5. The van der Waals surface area contributed by atoms with Gasteiger partial charge < -0.3 is 20.9 Å². The number of hydrogen-bond donors (Lipinski definition) is 3. The van der Waals surface area contributed by atoms with Crippen molar-refractivity contribution in [2.45, 2.75) is 57.0 Å². The van der Waals surface area contributed by atoms with Gasteiger partial charge in [0, 0.05) is 49.9 Å². The number of likely N-dealkylation sites (tertiary alicyclic amines) is 1. The summed E-state index contributed by atoms with van der Waals surface area (Å²) in [5, 5.41) is 9.24. The number of nitrogens with one attached hydrogen (secondary N) is 3. The van der Waals surface area contributed by atoms with E-state index in [1.54, 1.807) is 29.4 Å². The van der Waals surface area contributed by atoms with E-state index in [0.717, 1.165) is 37.7 Å². The second-order valence-electron chi connectivity index (χ2n) is 10.5. The number of anilines is 3. The van der Waals surface area contributed by atoms with E-state index < -0.39 is 5.41 Å². The lowest BCUT2D eigenvalue weighted by atomic mass is 9.76. The molecule has 11 heteroatoms. The average Bonchev–Trinajstić information content (AvgIpc) is 3.68. The van der Waals surface area contributed by atoms with Crippen LogP contribution in [-0.4, -0.2) is 76.3 Å². The molecule has 1 aliphatic carbocycles. The van der Waals surface area contributed by atoms with E-state index in [4.69, 9.17) is 4.98 Å². The van der Waals surface area contributed by atoms with Gasteiger partial charge in [-0.1, -0.05) is 12.8 Å². The SMILES string of the molecule is CN[C@H]1CCN(C(=O)c2ccc(Nc3ncc4c(n3)N(C3CCCC3)C(=O)C3(CCNC3=O)C4)cn2)C1. The van der Waals surface area contributed by atoms with Gasteiger partial charge in [-0.15, -0.1) is 0 Å². The van der Waals surface area contributed by atoms with E-state index in [1.807, 2.05) is 11.9 Å². The van der Waals surface area contributed by atoms with E-state index in [9.17, 15) is 14.4 Å². The van der Waals surface area contributed by atoms with Crippen LogP contribution in [0.25, 0.3) is 0 Å². The summed E-state index contributed by atoms with van der Waals surface area (Å²) in [5.74, 6) is 0.527. The molecular formula is C26H32N8O3. The molecule has 2 aromatic rings. The Bertz CT molecular complexity index is 1230. The maximum atomic E-state index is 13.8. The molecule has 0 aromatic carbocycles. The van der Waals surface area contributed by atoms with Crippen LogP contribution >= 0.6 is 0 Å². The van der Waals surface area contributed by atoms with Crippen LogP contribution in [0.15, 0.2) is 24.5 Å². The fraction of sp³-hybridized carbons (Fsp3) is 0.538. The Balaban J connectivity index is 1.23. The molecular weight excluding hydrogens is 472 g/mol. The molecule has 1 saturated carbocycles. The first-order valence-corrected chi connectivity index (χ1v) is 13.2. The van der Waals surface area contributed by atoms with Crippen LogP contribution in [0.3, 0.4) is 0 Å². The van der Waals surface area contributed by atoms with Crippen LogP contribution in [-0.2, 0) is 16.0 Å². The Morgan fingerprint density at radius 3 is 2.65 bits per heavy atom. The minimum atomic E-state index is -1.05. The van der Waals surface area contributed by atoms with Crippen molar-refractivity contribution in [3.63, 3.8) is 0 Å². The Morgan fingerprint density at radius 2 is 1.97 bits per heavy atom. The number of fused-ring (bicyclic) bond motifs is 1. The van der Waals surface area contributed by atoms with Crippen LogP contribution in [0.1, 0.15) is 54.6 Å². The maximum Gasteiger partial charge on any atom is 0.272 e. The number of aromatic nitrogens is 3. The highest BCUT2D eigenvalue weighted by Gasteiger charge is 2.56. The smallest absolute Gasteiger partial charge is 0.272 e. The minimum absolute atomic E-state index is 0.0413. The van der Waals surface area contributed by atoms with Crippen molar-refractivity contribution < 1.29 is 14.4 Å². The van der Waals surface area contributed by atoms with E-state index in [2.05, 4.69) is 25.9 Å². The lowest BCUT2D eigenvalue weighted by Gasteiger charge is -2.40. The first kappa shape index (κ1) is 23.8. The first-order valence-electron chi connectivity index (χ1n) is 13.2. The van der Waals surface area contributed by atoms with Crippen LogP contribution < -0.4 is 20.9 Å². The molecule has 4 aliphatic rings. The van der Waals surface area contributed by atoms with Gasteiger partial charge in [0.05, 0.1) is 11.9 Å². The average molecular weight is 505 g/mol. The fourth-order valence-corrected chi connectivity index (χ4v) is 6.13. The summed E-state index contributed by atoms with van der Waals surface area (Å²) >= 11 is 0. The van der Waals surface area contributed by atoms with Gasteiger partial charge in [0.2, 0.25) is 17.8 Å². The minimum Gasteiger partial charge on any atom is -0.355 e. The quantitative estimate of drug-likeness (QED) is 0.521. The van der Waals surface area contributed by atoms with Crippen molar-refractivity contribution >= 4 is 35.2 Å². The summed E-state index contributed by atoms with van der Waals surface area (Å²) in [6, 6.07) is 3.85. The summed E-state index contributed by atoms with van der Waals surface area (Å²) in [5.41, 5.74) is 0.806. The van der Waals surface area contributed by atoms with Crippen LogP contribution in [0, 0.1) is 5.41 Å². The van der Waals surface area contributed by atoms with Crippen molar-refractivity contribution in [3.05, 3.63) is 35.8 Å². The molecule has 2 atom stereocenters. The van der Waals surface area contributed by atoms with E-state index in [1.165, 1.54) is 0 Å². The van der Waals surface area contributed by atoms with E-state index in [-0.39, 0.29) is 23.8 Å². The predicted molar refractivity (Wildman–Crippen MR) is 136 cm³/mol. The predicted octanol–water partition coefficient (Wildman–Crippen LogP) is 1.39. The highest BCUT2D eigenvalue weighted by atomic mass is 16.2. The van der Waals surface area contributed by atoms with Crippen molar-refractivity contribution in [3.8, 4) is 0 Å². The number of nitrogens with zero attached hydrogens (tertiary/aromatic N) is 5. The number of amides is 3. The zero-order valence-corrected chi connectivity index (χ0v) is 21.0. The van der Waals surface area contributed by atoms with Crippen molar-refractivity contribution in [1.29, 1.82) is 0 Å². The van der Waals surface area contributed by atoms with Gasteiger partial charge >= 0.3 is 0 Å². The molecule has 3 amide bonds. The largest absolute Gasteiger partial charge is 0.355 e. The molecule has 3 fully saturated rings. The lowest BCUT2D eigenvalue weighted by molar-refractivity contribution is -0.140. The van der Waals surface area contributed by atoms with Gasteiger partial charge in [0.25, 0.3) is 5.91 Å². The van der Waals surface area contributed by atoms with Gasteiger partial charge in [0.1, 0.15) is 16.9 Å². The van der Waals surface area contributed by atoms with Gasteiger partial charge in [-0.3, -0.25) is 19.3 Å². The van der Waals surface area contributed by atoms with Crippen molar-refractivity contribution in [1.82, 2.24) is 30.5 Å². The zero-order valence-electron chi connectivity index (χ0n) is 21.0. The highest BCUT2D eigenvalue weighted by molar-refractivity contribution is 6.14. The molecule has 0 radical (unpaired) electrons. The number of pyridine rings is 1. The zero-order chi connectivity index (χ0) is 25.6. The summed E-state index contributed by atoms with van der Waals surface area (Å²) in [4.78, 5) is 56.5. The Kier molecular flexibility index (Phi) is 6.02. The third-order valence-corrected chi connectivity index (χ3v) is 8.27. The maximum absolute atomic E-state index is 13.8. The number of carbonyl (C=O) groups is 3. The van der Waals surface area contributed by atoms with Gasteiger partial charge in [-0.05, 0) is 44.9 Å². The summed E-state index contributed by atoms with van der Waals surface area (Å²) in [6.07, 6.45) is 9.00. The second-order valence-corrected chi connectivity index (χ2v) is 10.5. The van der Waals surface area contributed by atoms with Crippen molar-refractivity contribution in [2.24, 2.45) is 5.41 Å². The summed E-state index contributed by atoms with van der Waals surface area (Å²) < 4.78 is 0. The molecule has 5 heterocycles. The molecule has 2 saturated heterocycles. The summed E-state index contributed by atoms with van der Waals surface area (Å²) in [6.45, 7) is 1.91. The van der Waals surface area contributed by atoms with Crippen molar-refractivity contribution in [2.75, 3.05) is 36.9 Å². The lowest BCUT2D eigenvalue weighted by Crippen LogP contribution is -2.56. The Labute approximate surface area is 215 Å². The van der Waals surface area contributed by atoms with Gasteiger partial charge in [-0.2, -0.15) is 4.98 Å². The molecule has 11 nitrogen and oxygen atoms in total. The number of likely N-dealkylation sites (N-methyl/N-ethyl adjacent to an activating group) is 1. The van der Waals surface area contributed by atoms with Crippen LogP contribution in [0.4, 0.5) is 17.5 Å². The Hall–Kier alpha value is -3.60. The van der Waals surface area contributed by atoms with Crippen LogP contribution in [0.5, 0.6) is 0 Å². The third kappa shape index (κ3) is 4.11. The molecule has 0 bridgehead atoms. The second kappa shape index (κ2) is 9.37. The monoisotopic (exact) mass is 504 g/mol. The van der Waals surface area contributed by atoms with E-state index >= 15 is 0 Å². The topological polar surface area (TPSA) is 132 Å².